The molecule has 2 rings (SSSR count). The van der Waals surface area contributed by atoms with Gasteiger partial charge in [0.1, 0.15) is 0 Å². The lowest BCUT2D eigenvalue weighted by Gasteiger charge is -2.06. The van der Waals surface area contributed by atoms with Gasteiger partial charge in [0, 0.05) is 18.8 Å². The average Bonchev–Trinajstić information content (AvgIpc) is 2.62. The molecule has 0 spiro atoms. The van der Waals surface area contributed by atoms with Crippen LogP contribution in [0.2, 0.25) is 0 Å². The minimum Gasteiger partial charge on any atom is -0.379 e. The number of hydrogen-bond donors (Lipinski definition) is 2. The summed E-state index contributed by atoms with van der Waals surface area (Å²) in [5, 5.41) is 3.04. The van der Waals surface area contributed by atoms with Crippen LogP contribution in [0.3, 0.4) is 0 Å². The Kier molecular flexibility index (Phi) is 8.40. The first-order chi connectivity index (χ1) is 11.8. The normalized spacial score (nSPS) is 11.4. The van der Waals surface area contributed by atoms with Crippen LogP contribution < -0.4 is 11.1 Å². The summed E-state index contributed by atoms with van der Waals surface area (Å²) < 4.78 is 11.1. The zero-order chi connectivity index (χ0) is 16.9. The van der Waals surface area contributed by atoms with Crippen LogP contribution >= 0.6 is 0 Å². The van der Waals surface area contributed by atoms with Gasteiger partial charge in [0.25, 0.3) is 0 Å². The van der Waals surface area contributed by atoms with Crippen LogP contribution in [0, 0.1) is 0 Å². The molecule has 0 saturated carbocycles. The van der Waals surface area contributed by atoms with E-state index in [-0.39, 0.29) is 0 Å². The van der Waals surface area contributed by atoms with Crippen molar-refractivity contribution in [3.63, 3.8) is 0 Å². The molecule has 0 aliphatic carbocycles. The molecule has 3 N–H and O–H groups in total. The van der Waals surface area contributed by atoms with Crippen molar-refractivity contribution in [3.05, 3.63) is 66.2 Å². The minimum atomic E-state index is 0.424. The zero-order valence-corrected chi connectivity index (χ0v) is 13.9. The van der Waals surface area contributed by atoms with Gasteiger partial charge in [-0.3, -0.25) is 4.99 Å². The van der Waals surface area contributed by atoms with Crippen molar-refractivity contribution in [2.75, 3.05) is 31.7 Å². The van der Waals surface area contributed by atoms with Gasteiger partial charge in [-0.15, -0.1) is 0 Å². The van der Waals surface area contributed by atoms with Gasteiger partial charge in [-0.2, -0.15) is 0 Å². The zero-order valence-electron chi connectivity index (χ0n) is 13.9. The summed E-state index contributed by atoms with van der Waals surface area (Å²) in [5.74, 6) is 0.424. The van der Waals surface area contributed by atoms with Crippen LogP contribution in [0.15, 0.2) is 65.7 Å². The van der Waals surface area contributed by atoms with Gasteiger partial charge in [-0.1, -0.05) is 48.5 Å². The molecule has 0 saturated heterocycles. The molecule has 0 amide bonds. The Morgan fingerprint density at radius 1 is 0.875 bits per heavy atom. The predicted octanol–water partition coefficient (Wildman–Crippen LogP) is 3.04. The van der Waals surface area contributed by atoms with Gasteiger partial charge in [-0.25, -0.2) is 0 Å². The Hall–Kier alpha value is -2.37. The SMILES string of the molecule is NC(=NCCCOCCOCc1ccccc1)Nc1ccccc1. The number of ether oxygens (including phenoxy) is 2. The van der Waals surface area contributed by atoms with Crippen molar-refractivity contribution < 1.29 is 9.47 Å². The molecule has 0 heterocycles. The van der Waals surface area contributed by atoms with E-state index in [1.165, 1.54) is 5.56 Å². The second kappa shape index (κ2) is 11.2. The number of anilines is 1. The van der Waals surface area contributed by atoms with Crippen molar-refractivity contribution in [2.45, 2.75) is 13.0 Å². The molecule has 0 aromatic heterocycles. The quantitative estimate of drug-likeness (QED) is 0.400. The standard InChI is InChI=1S/C19H25N3O2/c20-19(22-18-10-5-2-6-11-18)21-12-7-13-23-14-15-24-16-17-8-3-1-4-9-17/h1-6,8-11H,7,12-16H2,(H3,20,21,22). The van der Waals surface area contributed by atoms with Crippen molar-refractivity contribution in [3.8, 4) is 0 Å². The molecule has 24 heavy (non-hydrogen) atoms. The molecule has 0 aliphatic rings. The Balaban J connectivity index is 1.45. The number of hydrogen-bond acceptors (Lipinski definition) is 3. The van der Waals surface area contributed by atoms with Gasteiger partial charge < -0.3 is 20.5 Å². The molecule has 0 fully saturated rings. The van der Waals surface area contributed by atoms with E-state index in [9.17, 15) is 0 Å². The third-order valence-corrected chi connectivity index (χ3v) is 3.26. The topological polar surface area (TPSA) is 68.9 Å². The van der Waals surface area contributed by atoms with Gasteiger partial charge in [-0.05, 0) is 24.1 Å². The molecule has 128 valence electrons. The van der Waals surface area contributed by atoms with E-state index in [1.807, 2.05) is 60.7 Å². The van der Waals surface area contributed by atoms with E-state index in [1.54, 1.807) is 0 Å². The molecule has 5 heteroatoms. The molecular weight excluding hydrogens is 302 g/mol. The fraction of sp³-hybridized carbons (Fsp3) is 0.316. The third kappa shape index (κ3) is 7.76. The van der Waals surface area contributed by atoms with Crippen molar-refractivity contribution in [1.82, 2.24) is 0 Å². The highest BCUT2D eigenvalue weighted by Crippen LogP contribution is 2.03. The maximum atomic E-state index is 5.82. The van der Waals surface area contributed by atoms with E-state index in [0.717, 1.165) is 12.1 Å². The smallest absolute Gasteiger partial charge is 0.193 e. The Labute approximate surface area is 143 Å². The average molecular weight is 327 g/mol. The Bertz CT molecular complexity index is 588. The summed E-state index contributed by atoms with van der Waals surface area (Å²) >= 11 is 0. The predicted molar refractivity (Wildman–Crippen MR) is 98.1 cm³/mol. The summed E-state index contributed by atoms with van der Waals surface area (Å²) in [5.41, 5.74) is 7.93. The summed E-state index contributed by atoms with van der Waals surface area (Å²) in [7, 11) is 0. The lowest BCUT2D eigenvalue weighted by molar-refractivity contribution is 0.0403. The first-order valence-corrected chi connectivity index (χ1v) is 8.16. The number of para-hydroxylation sites is 1. The number of aliphatic imine (C=N–C) groups is 1. The number of nitrogens with two attached hydrogens (primary N) is 1. The first kappa shape index (κ1) is 18.0. The van der Waals surface area contributed by atoms with Crippen LogP contribution in [0.1, 0.15) is 12.0 Å². The summed E-state index contributed by atoms with van der Waals surface area (Å²) in [4.78, 5) is 4.27. The second-order valence-electron chi connectivity index (χ2n) is 5.26. The maximum Gasteiger partial charge on any atom is 0.193 e. The second-order valence-corrected chi connectivity index (χ2v) is 5.26. The molecular formula is C19H25N3O2. The first-order valence-electron chi connectivity index (χ1n) is 8.16. The van der Waals surface area contributed by atoms with Gasteiger partial charge in [0.15, 0.2) is 5.96 Å². The molecule has 2 aromatic rings. The van der Waals surface area contributed by atoms with Crippen molar-refractivity contribution in [2.24, 2.45) is 10.7 Å². The molecule has 0 unspecified atom stereocenters. The van der Waals surface area contributed by atoms with E-state index < -0.39 is 0 Å². The fourth-order valence-corrected chi connectivity index (χ4v) is 2.06. The fourth-order valence-electron chi connectivity index (χ4n) is 2.06. The summed E-state index contributed by atoms with van der Waals surface area (Å²) in [6.07, 6.45) is 0.829. The molecule has 5 nitrogen and oxygen atoms in total. The highest BCUT2D eigenvalue weighted by Gasteiger charge is 1.95. The largest absolute Gasteiger partial charge is 0.379 e. The lowest BCUT2D eigenvalue weighted by atomic mass is 10.2. The third-order valence-electron chi connectivity index (χ3n) is 3.26. The monoisotopic (exact) mass is 327 g/mol. The van der Waals surface area contributed by atoms with Gasteiger partial charge >= 0.3 is 0 Å². The lowest BCUT2D eigenvalue weighted by Crippen LogP contribution is -2.22. The highest BCUT2D eigenvalue weighted by atomic mass is 16.5. The van der Waals surface area contributed by atoms with Crippen LogP contribution in [-0.4, -0.2) is 32.3 Å². The van der Waals surface area contributed by atoms with E-state index in [2.05, 4.69) is 10.3 Å². The van der Waals surface area contributed by atoms with Crippen LogP contribution in [0.4, 0.5) is 5.69 Å². The minimum absolute atomic E-state index is 0.424. The molecule has 0 bridgehead atoms. The molecule has 0 aliphatic heterocycles. The van der Waals surface area contributed by atoms with E-state index in [0.29, 0.717) is 38.9 Å². The number of nitrogens with one attached hydrogen (secondary N) is 1. The number of rotatable bonds is 10. The molecule has 0 atom stereocenters. The van der Waals surface area contributed by atoms with Crippen molar-refractivity contribution >= 4 is 11.6 Å². The van der Waals surface area contributed by atoms with Crippen LogP contribution in [0.25, 0.3) is 0 Å². The van der Waals surface area contributed by atoms with Gasteiger partial charge in [0.2, 0.25) is 0 Å². The highest BCUT2D eigenvalue weighted by molar-refractivity contribution is 5.92. The molecule has 0 radical (unpaired) electrons. The summed E-state index contributed by atoms with van der Waals surface area (Å²) in [6, 6.07) is 19.9. The van der Waals surface area contributed by atoms with E-state index >= 15 is 0 Å². The number of nitrogens with zero attached hydrogens (tertiary/aromatic N) is 1. The summed E-state index contributed by atoms with van der Waals surface area (Å²) in [6.45, 7) is 3.09. The Morgan fingerprint density at radius 3 is 2.29 bits per heavy atom. The van der Waals surface area contributed by atoms with Gasteiger partial charge in [0.05, 0.1) is 19.8 Å². The Morgan fingerprint density at radius 2 is 1.54 bits per heavy atom. The van der Waals surface area contributed by atoms with Crippen molar-refractivity contribution in [1.29, 1.82) is 0 Å². The van der Waals surface area contributed by atoms with Crippen LogP contribution in [0.5, 0.6) is 0 Å². The number of benzene rings is 2. The number of guanidine groups is 1. The van der Waals surface area contributed by atoms with E-state index in [4.69, 9.17) is 15.2 Å². The molecule has 2 aromatic carbocycles. The maximum absolute atomic E-state index is 5.82. The van der Waals surface area contributed by atoms with Crippen LogP contribution in [-0.2, 0) is 16.1 Å².